The zero-order valence-corrected chi connectivity index (χ0v) is 13.8. The second kappa shape index (κ2) is 8.22. The van der Waals surface area contributed by atoms with Crippen LogP contribution in [-0.2, 0) is 31.1 Å². The normalized spacial score (nSPS) is 11.2. The Bertz CT molecular complexity index is 873. The van der Waals surface area contributed by atoms with Crippen LogP contribution in [0.5, 0.6) is 0 Å². The van der Waals surface area contributed by atoms with E-state index in [9.17, 15) is 18.0 Å². The van der Waals surface area contributed by atoms with E-state index in [4.69, 9.17) is 9.29 Å². The molecule has 2 aromatic rings. The van der Waals surface area contributed by atoms with E-state index in [0.717, 1.165) is 29.8 Å². The van der Waals surface area contributed by atoms with Crippen molar-refractivity contribution in [1.82, 2.24) is 0 Å². The monoisotopic (exact) mass is 361 g/mol. The van der Waals surface area contributed by atoms with Gasteiger partial charge in [-0.3, -0.25) is 9.35 Å². The van der Waals surface area contributed by atoms with Crippen molar-refractivity contribution in [3.8, 4) is 0 Å². The highest BCUT2D eigenvalue weighted by Gasteiger charge is 2.09. The molecule has 8 heteroatoms. The summed E-state index contributed by atoms with van der Waals surface area (Å²) < 4.78 is 35.7. The van der Waals surface area contributed by atoms with Crippen LogP contribution in [0.15, 0.2) is 71.6 Å². The first-order valence-electron chi connectivity index (χ1n) is 7.12. The van der Waals surface area contributed by atoms with Gasteiger partial charge >= 0.3 is 5.97 Å². The second-order valence-electron chi connectivity index (χ2n) is 4.92. The molecule has 0 saturated heterocycles. The van der Waals surface area contributed by atoms with E-state index in [2.05, 4.69) is 5.32 Å². The van der Waals surface area contributed by atoms with Gasteiger partial charge in [0.05, 0.1) is 4.90 Å². The van der Waals surface area contributed by atoms with E-state index in [-0.39, 0.29) is 11.5 Å². The van der Waals surface area contributed by atoms with Crippen molar-refractivity contribution < 1.29 is 27.3 Å². The molecule has 0 unspecified atom stereocenters. The highest BCUT2D eigenvalue weighted by atomic mass is 32.2. The minimum atomic E-state index is -4.29. The Hall–Kier alpha value is -2.97. The van der Waals surface area contributed by atoms with Crippen LogP contribution in [0.4, 0.5) is 5.69 Å². The third kappa shape index (κ3) is 6.21. The van der Waals surface area contributed by atoms with Crippen molar-refractivity contribution in [1.29, 1.82) is 0 Å². The Morgan fingerprint density at radius 1 is 1.00 bits per heavy atom. The highest BCUT2D eigenvalue weighted by molar-refractivity contribution is 7.85. The standard InChI is InChI=1S/C17H15NO6S/c19-16(18-14-6-8-15(9-7-14)25(21,22)23)10-11-17(20)24-12-13-4-2-1-3-5-13/h1-11H,12H2,(H,18,19)(H,21,22,23). The minimum Gasteiger partial charge on any atom is -0.458 e. The number of nitrogens with one attached hydrogen (secondary N) is 1. The molecule has 0 aliphatic heterocycles. The molecule has 2 rings (SSSR count). The summed E-state index contributed by atoms with van der Waals surface area (Å²) in [7, 11) is -4.29. The van der Waals surface area contributed by atoms with Crippen LogP contribution >= 0.6 is 0 Å². The molecule has 0 fully saturated rings. The van der Waals surface area contributed by atoms with E-state index in [1.54, 1.807) is 12.1 Å². The van der Waals surface area contributed by atoms with E-state index >= 15 is 0 Å². The Kier molecular flexibility index (Phi) is 6.04. The molecule has 0 atom stereocenters. The zero-order chi connectivity index (χ0) is 18.3. The lowest BCUT2D eigenvalue weighted by atomic mass is 10.2. The fraction of sp³-hybridized carbons (Fsp3) is 0.0588. The summed E-state index contributed by atoms with van der Waals surface area (Å²) in [6.45, 7) is 0.0999. The first-order valence-corrected chi connectivity index (χ1v) is 8.56. The maximum atomic E-state index is 11.7. The predicted octanol–water partition coefficient (Wildman–Crippen LogP) is 2.17. The van der Waals surface area contributed by atoms with Gasteiger partial charge in [0.2, 0.25) is 5.91 Å². The number of carbonyl (C=O) groups is 2. The topological polar surface area (TPSA) is 110 Å². The maximum absolute atomic E-state index is 11.7. The average molecular weight is 361 g/mol. The third-order valence-corrected chi connectivity index (χ3v) is 3.88. The summed E-state index contributed by atoms with van der Waals surface area (Å²) in [5, 5.41) is 2.44. The van der Waals surface area contributed by atoms with Gasteiger partial charge in [0, 0.05) is 17.8 Å². The SMILES string of the molecule is O=C(C=CC(=O)OCc1ccccc1)Nc1ccc(S(=O)(=O)O)cc1. The van der Waals surface area contributed by atoms with Gasteiger partial charge in [-0.25, -0.2) is 4.79 Å². The summed E-state index contributed by atoms with van der Waals surface area (Å²) in [5.41, 5.74) is 1.13. The van der Waals surface area contributed by atoms with E-state index in [0.29, 0.717) is 5.69 Å². The van der Waals surface area contributed by atoms with Crippen LogP contribution < -0.4 is 5.32 Å². The summed E-state index contributed by atoms with van der Waals surface area (Å²) >= 11 is 0. The number of ether oxygens (including phenoxy) is 1. The number of esters is 1. The number of carbonyl (C=O) groups excluding carboxylic acids is 2. The van der Waals surface area contributed by atoms with Gasteiger partial charge in [-0.2, -0.15) is 8.42 Å². The van der Waals surface area contributed by atoms with Gasteiger partial charge in [-0.1, -0.05) is 30.3 Å². The van der Waals surface area contributed by atoms with E-state index < -0.39 is 22.0 Å². The lowest BCUT2D eigenvalue weighted by Crippen LogP contribution is -2.09. The largest absolute Gasteiger partial charge is 0.458 e. The van der Waals surface area contributed by atoms with Crippen LogP contribution in [-0.4, -0.2) is 24.8 Å². The molecule has 130 valence electrons. The molecule has 25 heavy (non-hydrogen) atoms. The molecule has 0 aliphatic carbocycles. The van der Waals surface area contributed by atoms with Crippen molar-refractivity contribution in [3.05, 3.63) is 72.3 Å². The maximum Gasteiger partial charge on any atom is 0.331 e. The number of anilines is 1. The third-order valence-electron chi connectivity index (χ3n) is 3.01. The molecule has 2 aromatic carbocycles. The summed E-state index contributed by atoms with van der Waals surface area (Å²) in [4.78, 5) is 23.0. The molecule has 0 spiro atoms. The molecule has 0 saturated carbocycles. The molecular formula is C17H15NO6S. The van der Waals surface area contributed by atoms with Crippen LogP contribution in [0, 0.1) is 0 Å². The quantitative estimate of drug-likeness (QED) is 0.464. The number of amides is 1. The highest BCUT2D eigenvalue weighted by Crippen LogP contribution is 2.13. The Labute approximate surface area is 144 Å². The second-order valence-corrected chi connectivity index (χ2v) is 6.34. The van der Waals surface area contributed by atoms with Crippen molar-refractivity contribution >= 4 is 27.7 Å². The molecule has 0 radical (unpaired) electrons. The number of hydrogen-bond donors (Lipinski definition) is 2. The van der Waals surface area contributed by atoms with Crippen molar-refractivity contribution in [2.75, 3.05) is 5.32 Å². The van der Waals surface area contributed by atoms with Gasteiger partial charge in [0.15, 0.2) is 0 Å². The number of hydrogen-bond acceptors (Lipinski definition) is 5. The van der Waals surface area contributed by atoms with Crippen LogP contribution in [0.1, 0.15) is 5.56 Å². The molecule has 7 nitrogen and oxygen atoms in total. The lowest BCUT2D eigenvalue weighted by molar-refractivity contribution is -0.139. The number of benzene rings is 2. The Morgan fingerprint density at radius 2 is 1.64 bits per heavy atom. The minimum absolute atomic E-state index is 0.0999. The predicted molar refractivity (Wildman–Crippen MR) is 90.3 cm³/mol. The van der Waals surface area contributed by atoms with Crippen LogP contribution in [0.25, 0.3) is 0 Å². The van der Waals surface area contributed by atoms with Gasteiger partial charge in [0.25, 0.3) is 10.1 Å². The van der Waals surface area contributed by atoms with Crippen LogP contribution in [0.2, 0.25) is 0 Å². The fourth-order valence-electron chi connectivity index (χ4n) is 1.81. The van der Waals surface area contributed by atoms with Crippen molar-refractivity contribution in [2.24, 2.45) is 0 Å². The fourth-order valence-corrected chi connectivity index (χ4v) is 2.29. The summed E-state index contributed by atoms with van der Waals surface area (Å²) in [6.07, 6.45) is 1.99. The molecule has 0 heterocycles. The van der Waals surface area contributed by atoms with E-state index in [1.165, 1.54) is 12.1 Å². The van der Waals surface area contributed by atoms with Crippen LogP contribution in [0.3, 0.4) is 0 Å². The first kappa shape index (κ1) is 18.4. The van der Waals surface area contributed by atoms with Gasteiger partial charge in [0.1, 0.15) is 6.61 Å². The smallest absolute Gasteiger partial charge is 0.331 e. The number of rotatable bonds is 6. The van der Waals surface area contributed by atoms with E-state index in [1.807, 2.05) is 18.2 Å². The average Bonchev–Trinajstić information content (AvgIpc) is 2.59. The molecule has 0 bridgehead atoms. The van der Waals surface area contributed by atoms with Gasteiger partial charge in [-0.05, 0) is 29.8 Å². The zero-order valence-electron chi connectivity index (χ0n) is 13.0. The Morgan fingerprint density at radius 3 is 2.24 bits per heavy atom. The Balaban J connectivity index is 1.84. The molecule has 0 aliphatic rings. The van der Waals surface area contributed by atoms with Gasteiger partial charge < -0.3 is 10.1 Å². The van der Waals surface area contributed by atoms with Crippen molar-refractivity contribution in [2.45, 2.75) is 11.5 Å². The molecule has 0 aromatic heterocycles. The first-order chi connectivity index (χ1) is 11.8. The van der Waals surface area contributed by atoms with Crippen molar-refractivity contribution in [3.63, 3.8) is 0 Å². The van der Waals surface area contributed by atoms with Gasteiger partial charge in [-0.15, -0.1) is 0 Å². The molecular weight excluding hydrogens is 346 g/mol. The molecule has 2 N–H and O–H groups in total. The molecule has 1 amide bonds. The summed E-state index contributed by atoms with van der Waals surface area (Å²) in [5.74, 6) is -1.25. The summed E-state index contributed by atoms with van der Waals surface area (Å²) in [6, 6.07) is 14.0. The lowest BCUT2D eigenvalue weighted by Gasteiger charge is -2.03.